The van der Waals surface area contributed by atoms with Crippen molar-refractivity contribution in [2.24, 2.45) is 5.92 Å². The molecule has 23 heavy (non-hydrogen) atoms. The topological polar surface area (TPSA) is 67.8 Å². The van der Waals surface area contributed by atoms with Crippen molar-refractivity contribution in [3.05, 3.63) is 0 Å². The zero-order chi connectivity index (χ0) is 17.5. The molecule has 136 valence electrons. The summed E-state index contributed by atoms with van der Waals surface area (Å²) in [5.41, 5.74) is -0.347. The van der Waals surface area contributed by atoms with E-state index in [1.807, 2.05) is 13.8 Å². The maximum atomic E-state index is 12.2. The molecule has 6 nitrogen and oxygen atoms in total. The average molecular weight is 329 g/mol. The van der Waals surface area contributed by atoms with Crippen LogP contribution in [0.5, 0.6) is 0 Å². The van der Waals surface area contributed by atoms with E-state index in [-0.39, 0.29) is 18.2 Å². The molecule has 2 amide bonds. The fraction of sp³-hybridized carbons (Fsp3) is 0.941. The number of aliphatic hydroxyl groups is 1. The molecule has 0 aliphatic carbocycles. The molecule has 0 bridgehead atoms. The minimum atomic E-state index is -0.347. The van der Waals surface area contributed by atoms with E-state index in [0.717, 1.165) is 32.6 Å². The van der Waals surface area contributed by atoms with Gasteiger partial charge in [0, 0.05) is 50.9 Å². The maximum absolute atomic E-state index is 12.2. The summed E-state index contributed by atoms with van der Waals surface area (Å²) in [6, 6.07) is 0.225. The largest absolute Gasteiger partial charge is 0.396 e. The number of carbonyl (C=O) groups excluding carboxylic acids is 1. The Morgan fingerprint density at radius 1 is 1.26 bits per heavy atom. The van der Waals surface area contributed by atoms with Gasteiger partial charge < -0.3 is 20.6 Å². The summed E-state index contributed by atoms with van der Waals surface area (Å²) in [6.45, 7) is 13.4. The quantitative estimate of drug-likeness (QED) is 0.624. The smallest absolute Gasteiger partial charge is 0.315 e. The third-order valence-electron chi connectivity index (χ3n) is 5.11. The van der Waals surface area contributed by atoms with Crippen molar-refractivity contribution in [1.29, 1.82) is 0 Å². The second kappa shape index (κ2) is 9.45. The summed E-state index contributed by atoms with van der Waals surface area (Å²) in [7, 11) is 2.15. The molecule has 0 aromatic carbocycles. The Labute approximate surface area is 141 Å². The van der Waals surface area contributed by atoms with Crippen molar-refractivity contribution in [2.75, 3.05) is 46.4 Å². The molecule has 1 aliphatic rings. The van der Waals surface area contributed by atoms with Crippen LogP contribution in [0.2, 0.25) is 0 Å². The third-order valence-corrected chi connectivity index (χ3v) is 5.11. The zero-order valence-corrected chi connectivity index (χ0v) is 15.6. The number of piperazine rings is 1. The molecule has 1 fully saturated rings. The first kappa shape index (κ1) is 20.2. The van der Waals surface area contributed by atoms with Crippen LogP contribution >= 0.6 is 0 Å². The first-order chi connectivity index (χ1) is 10.8. The molecule has 1 heterocycles. The van der Waals surface area contributed by atoms with E-state index in [2.05, 4.69) is 41.3 Å². The Bertz CT molecular complexity index is 357. The molecule has 1 aliphatic heterocycles. The first-order valence-electron chi connectivity index (χ1n) is 8.90. The Hall–Kier alpha value is -0.850. The standard InChI is InChI=1S/C17H36N4O2/c1-6-17(4,7-12-22)19-16(23)18-13-15(14(2)3)21-10-8-20(5)9-11-21/h14-15,22H,6-13H2,1-5H3,(H2,18,19,23). The van der Waals surface area contributed by atoms with E-state index in [0.29, 0.717) is 24.9 Å². The molecule has 0 aromatic rings. The van der Waals surface area contributed by atoms with E-state index in [4.69, 9.17) is 5.11 Å². The predicted octanol–water partition coefficient (Wildman–Crippen LogP) is 1.11. The van der Waals surface area contributed by atoms with Gasteiger partial charge in [-0.3, -0.25) is 4.90 Å². The first-order valence-corrected chi connectivity index (χ1v) is 8.90. The monoisotopic (exact) mass is 328 g/mol. The predicted molar refractivity (Wildman–Crippen MR) is 94.6 cm³/mol. The highest BCUT2D eigenvalue weighted by molar-refractivity contribution is 5.74. The molecule has 2 unspecified atom stereocenters. The second-order valence-electron chi connectivity index (χ2n) is 7.37. The van der Waals surface area contributed by atoms with Crippen LogP contribution < -0.4 is 10.6 Å². The number of hydrogen-bond donors (Lipinski definition) is 3. The third kappa shape index (κ3) is 6.65. The van der Waals surface area contributed by atoms with Crippen LogP contribution in [0.15, 0.2) is 0 Å². The molecule has 0 spiro atoms. The lowest BCUT2D eigenvalue weighted by Crippen LogP contribution is -2.56. The molecular weight excluding hydrogens is 292 g/mol. The number of likely N-dealkylation sites (N-methyl/N-ethyl adjacent to an activating group) is 1. The number of nitrogens with zero attached hydrogens (tertiary/aromatic N) is 2. The summed E-state index contributed by atoms with van der Waals surface area (Å²) >= 11 is 0. The van der Waals surface area contributed by atoms with Crippen LogP contribution in [-0.2, 0) is 0 Å². The number of hydrogen-bond acceptors (Lipinski definition) is 4. The Balaban J connectivity index is 2.50. The number of amides is 2. The van der Waals surface area contributed by atoms with E-state index in [9.17, 15) is 4.79 Å². The van der Waals surface area contributed by atoms with Crippen LogP contribution in [0.4, 0.5) is 4.79 Å². The van der Waals surface area contributed by atoms with Crippen LogP contribution in [-0.4, -0.2) is 78.9 Å². The zero-order valence-electron chi connectivity index (χ0n) is 15.6. The van der Waals surface area contributed by atoms with Crippen molar-refractivity contribution < 1.29 is 9.90 Å². The molecule has 2 atom stereocenters. The van der Waals surface area contributed by atoms with Crippen LogP contribution in [0.25, 0.3) is 0 Å². The number of urea groups is 1. The number of aliphatic hydroxyl groups excluding tert-OH is 1. The van der Waals surface area contributed by atoms with E-state index < -0.39 is 0 Å². The van der Waals surface area contributed by atoms with Crippen LogP contribution in [0.3, 0.4) is 0 Å². The molecule has 1 saturated heterocycles. The van der Waals surface area contributed by atoms with Gasteiger partial charge in [-0.05, 0) is 32.7 Å². The molecule has 6 heteroatoms. The van der Waals surface area contributed by atoms with Gasteiger partial charge in [-0.2, -0.15) is 0 Å². The number of nitrogens with one attached hydrogen (secondary N) is 2. The second-order valence-corrected chi connectivity index (χ2v) is 7.37. The number of rotatable bonds is 8. The molecule has 0 saturated carbocycles. The van der Waals surface area contributed by atoms with E-state index in [1.165, 1.54) is 0 Å². The molecular formula is C17H36N4O2. The van der Waals surface area contributed by atoms with E-state index in [1.54, 1.807) is 0 Å². The summed E-state index contributed by atoms with van der Waals surface area (Å²) < 4.78 is 0. The van der Waals surface area contributed by atoms with Crippen molar-refractivity contribution in [2.45, 2.75) is 52.1 Å². The van der Waals surface area contributed by atoms with Crippen molar-refractivity contribution in [3.63, 3.8) is 0 Å². The lowest BCUT2D eigenvalue weighted by atomic mass is 9.95. The Morgan fingerprint density at radius 3 is 2.35 bits per heavy atom. The molecule has 3 N–H and O–H groups in total. The summed E-state index contributed by atoms with van der Waals surface area (Å²) in [6.07, 6.45) is 1.37. The van der Waals surface area contributed by atoms with Crippen molar-refractivity contribution in [3.8, 4) is 0 Å². The fourth-order valence-electron chi connectivity index (χ4n) is 3.03. The van der Waals surface area contributed by atoms with Crippen LogP contribution in [0.1, 0.15) is 40.5 Å². The Kier molecular flexibility index (Phi) is 8.29. The van der Waals surface area contributed by atoms with Crippen LogP contribution in [0, 0.1) is 5.92 Å². The van der Waals surface area contributed by atoms with Gasteiger partial charge >= 0.3 is 6.03 Å². The highest BCUT2D eigenvalue weighted by Gasteiger charge is 2.27. The van der Waals surface area contributed by atoms with E-state index >= 15 is 0 Å². The highest BCUT2D eigenvalue weighted by Crippen LogP contribution is 2.15. The SMILES string of the molecule is CCC(C)(CCO)NC(=O)NCC(C(C)C)N1CCN(C)CC1. The number of carbonyl (C=O) groups is 1. The fourth-order valence-corrected chi connectivity index (χ4v) is 3.03. The van der Waals surface area contributed by atoms with Gasteiger partial charge in [-0.1, -0.05) is 20.8 Å². The lowest BCUT2D eigenvalue weighted by molar-refractivity contribution is 0.0884. The van der Waals surface area contributed by atoms with Gasteiger partial charge in [-0.15, -0.1) is 0 Å². The maximum Gasteiger partial charge on any atom is 0.315 e. The highest BCUT2D eigenvalue weighted by atomic mass is 16.3. The van der Waals surface area contributed by atoms with Crippen molar-refractivity contribution in [1.82, 2.24) is 20.4 Å². The lowest BCUT2D eigenvalue weighted by Gasteiger charge is -2.40. The van der Waals surface area contributed by atoms with Gasteiger partial charge in [0.1, 0.15) is 0 Å². The van der Waals surface area contributed by atoms with Gasteiger partial charge in [0.2, 0.25) is 0 Å². The average Bonchev–Trinajstić information content (AvgIpc) is 2.49. The molecule has 0 radical (unpaired) electrons. The van der Waals surface area contributed by atoms with Crippen molar-refractivity contribution >= 4 is 6.03 Å². The normalized spacial score (nSPS) is 21.0. The van der Waals surface area contributed by atoms with Gasteiger partial charge in [0.15, 0.2) is 0 Å². The Morgan fingerprint density at radius 2 is 1.87 bits per heavy atom. The summed E-state index contributed by atoms with van der Waals surface area (Å²) in [5.74, 6) is 0.494. The van der Waals surface area contributed by atoms with Gasteiger partial charge in [-0.25, -0.2) is 4.79 Å². The molecule has 1 rings (SSSR count). The van der Waals surface area contributed by atoms with Gasteiger partial charge in [0.05, 0.1) is 0 Å². The molecule has 0 aromatic heterocycles. The minimum absolute atomic E-state index is 0.0839. The minimum Gasteiger partial charge on any atom is -0.396 e. The summed E-state index contributed by atoms with van der Waals surface area (Å²) in [5, 5.41) is 15.2. The summed E-state index contributed by atoms with van der Waals surface area (Å²) in [4.78, 5) is 17.1. The van der Waals surface area contributed by atoms with Gasteiger partial charge in [0.25, 0.3) is 0 Å².